The molecule has 0 aliphatic rings. The van der Waals surface area contributed by atoms with Gasteiger partial charge in [0.25, 0.3) is 6.47 Å². The average Bonchev–Trinajstić information content (AvgIpc) is 2.45. The minimum atomic E-state index is -0.314. The molecule has 2 nitrogen and oxygen atoms in total. The van der Waals surface area contributed by atoms with Crippen LogP contribution in [0, 0.1) is 5.25 Å². The van der Waals surface area contributed by atoms with E-state index < -0.39 is 0 Å². The van der Waals surface area contributed by atoms with Gasteiger partial charge in [-0.25, -0.2) is 0 Å². The number of carbonyl (C=O) groups excluding carboxylic acids is 1. The van der Waals surface area contributed by atoms with Crippen molar-refractivity contribution in [3.63, 3.8) is 0 Å². The van der Waals surface area contributed by atoms with E-state index in [1.54, 1.807) is 18.2 Å². The number of hydrogen-bond donors (Lipinski definition) is 1. The van der Waals surface area contributed by atoms with E-state index >= 15 is 0 Å². The van der Waals surface area contributed by atoms with Crippen molar-refractivity contribution in [1.82, 2.24) is 0 Å². The molecular formula is C18H23KO2S. The summed E-state index contributed by atoms with van der Waals surface area (Å²) in [5, 5.41) is 1.11. The zero-order valence-electron chi connectivity index (χ0n) is 13.7. The Morgan fingerprint density at radius 1 is 1.32 bits per heavy atom. The molecule has 1 aromatic rings. The van der Waals surface area contributed by atoms with Gasteiger partial charge in [-0.1, -0.05) is 61.7 Å². The van der Waals surface area contributed by atoms with Gasteiger partial charge in [0.15, 0.2) is 0 Å². The number of ether oxygens (including phenoxy) is 1. The maximum Gasteiger partial charge on any atom is 1.00 e. The van der Waals surface area contributed by atoms with E-state index in [1.807, 2.05) is 44.2 Å². The first-order valence-electron chi connectivity index (χ1n) is 6.62. The molecule has 1 unspecified atom stereocenters. The van der Waals surface area contributed by atoms with Crippen LogP contribution in [0.15, 0.2) is 67.3 Å². The number of allylic oxidation sites excluding steroid dienone is 2. The van der Waals surface area contributed by atoms with Crippen LogP contribution >= 0.6 is 12.6 Å². The summed E-state index contributed by atoms with van der Waals surface area (Å²) < 4.78 is 5.08. The van der Waals surface area contributed by atoms with E-state index in [9.17, 15) is 4.79 Å². The molecule has 0 spiro atoms. The van der Waals surface area contributed by atoms with Gasteiger partial charge >= 0.3 is 51.4 Å². The van der Waals surface area contributed by atoms with E-state index in [0.717, 1.165) is 16.4 Å². The van der Waals surface area contributed by atoms with Crippen LogP contribution in [0.4, 0.5) is 0 Å². The zero-order chi connectivity index (χ0) is 16.1. The minimum Gasteiger partial charge on any atom is -0.459 e. The fraction of sp³-hybridized carbons (Fsp3) is 0.222. The maximum atomic E-state index is 10.5. The molecule has 0 amide bonds. The molecule has 0 heterocycles. The summed E-state index contributed by atoms with van der Waals surface area (Å²) in [5.74, 6) is 0. The quantitative estimate of drug-likeness (QED) is 0.268. The van der Waals surface area contributed by atoms with Gasteiger partial charge in [-0.15, -0.1) is 0 Å². The Hall–Kier alpha value is -0.104. The molecule has 1 rings (SSSR count). The van der Waals surface area contributed by atoms with Crippen LogP contribution in [-0.4, -0.2) is 12.6 Å². The minimum absolute atomic E-state index is 0. The standard InChI is InChI=1S/C15H16O2.C3H7S.K/c1-3-8-14(4-2)15(17-12-16)11-13-9-6-5-7-10-13;1-3(2)4;/h3-10,12,15H,1-2,11H2;4H,1-2H3;/q;-1;+1/b14-8+;;. The number of carbonyl (C=O) groups is 1. The zero-order valence-corrected chi connectivity index (χ0v) is 17.7. The second kappa shape index (κ2) is 15.8. The summed E-state index contributed by atoms with van der Waals surface area (Å²) in [6.45, 7) is 11.7. The van der Waals surface area contributed by atoms with Gasteiger partial charge in [0.2, 0.25) is 0 Å². The Kier molecular flexibility index (Phi) is 17.3. The van der Waals surface area contributed by atoms with Crippen molar-refractivity contribution >= 4 is 19.1 Å². The molecule has 0 aliphatic heterocycles. The molecule has 0 saturated heterocycles. The number of hydrogen-bond acceptors (Lipinski definition) is 3. The predicted molar refractivity (Wildman–Crippen MR) is 93.1 cm³/mol. The molecule has 22 heavy (non-hydrogen) atoms. The Labute approximate surface area is 182 Å². The normalized spacial score (nSPS) is 11.4. The topological polar surface area (TPSA) is 26.3 Å². The molecule has 0 fully saturated rings. The third-order valence-electron chi connectivity index (χ3n) is 2.40. The van der Waals surface area contributed by atoms with Crippen LogP contribution in [0.25, 0.3) is 0 Å². The van der Waals surface area contributed by atoms with Gasteiger partial charge in [-0.3, -0.25) is 10.0 Å². The molecule has 114 valence electrons. The third kappa shape index (κ3) is 12.4. The summed E-state index contributed by atoms with van der Waals surface area (Å²) in [7, 11) is 0. The third-order valence-corrected chi connectivity index (χ3v) is 2.40. The van der Waals surface area contributed by atoms with Gasteiger partial charge in [0.05, 0.1) is 0 Å². The van der Waals surface area contributed by atoms with Crippen molar-refractivity contribution in [1.29, 1.82) is 0 Å². The Balaban J connectivity index is 0. The molecule has 0 aliphatic carbocycles. The first-order valence-corrected chi connectivity index (χ1v) is 7.07. The smallest absolute Gasteiger partial charge is 0.459 e. The summed E-state index contributed by atoms with van der Waals surface area (Å²) in [5.41, 5.74) is 1.95. The Morgan fingerprint density at radius 3 is 2.27 bits per heavy atom. The molecule has 0 N–H and O–H groups in total. The number of thiol groups is 1. The van der Waals surface area contributed by atoms with Crippen LogP contribution in [0.3, 0.4) is 0 Å². The summed E-state index contributed by atoms with van der Waals surface area (Å²) >= 11 is 3.88. The fourth-order valence-corrected chi connectivity index (χ4v) is 1.58. The van der Waals surface area contributed by atoms with Gasteiger partial charge < -0.3 is 17.4 Å². The van der Waals surface area contributed by atoms with Crippen LogP contribution in [0.1, 0.15) is 19.4 Å². The summed E-state index contributed by atoms with van der Waals surface area (Å²) in [6, 6.07) is 9.86. The number of rotatable bonds is 7. The van der Waals surface area contributed by atoms with Crippen molar-refractivity contribution in [2.24, 2.45) is 0 Å². The van der Waals surface area contributed by atoms with Gasteiger partial charge in [0.1, 0.15) is 6.10 Å². The van der Waals surface area contributed by atoms with E-state index in [2.05, 4.69) is 25.8 Å². The molecule has 1 aromatic carbocycles. The second-order valence-electron chi connectivity index (χ2n) is 4.46. The van der Waals surface area contributed by atoms with Crippen LogP contribution in [0.2, 0.25) is 0 Å². The van der Waals surface area contributed by atoms with Crippen LogP contribution < -0.4 is 51.4 Å². The van der Waals surface area contributed by atoms with Crippen molar-refractivity contribution in [2.75, 3.05) is 0 Å². The fourth-order valence-electron chi connectivity index (χ4n) is 1.58. The van der Waals surface area contributed by atoms with Gasteiger partial charge in [-0.05, 0) is 11.1 Å². The van der Waals surface area contributed by atoms with Crippen LogP contribution in [-0.2, 0) is 16.0 Å². The van der Waals surface area contributed by atoms with Gasteiger partial charge in [0, 0.05) is 6.42 Å². The van der Waals surface area contributed by atoms with Crippen molar-refractivity contribution < 1.29 is 60.9 Å². The van der Waals surface area contributed by atoms with Crippen molar-refractivity contribution in [3.05, 3.63) is 78.1 Å². The predicted octanol–water partition coefficient (Wildman–Crippen LogP) is 1.56. The Bertz CT molecular complexity index is 453. The Morgan fingerprint density at radius 2 is 1.86 bits per heavy atom. The van der Waals surface area contributed by atoms with Gasteiger partial charge in [-0.2, -0.15) is 13.8 Å². The summed E-state index contributed by atoms with van der Waals surface area (Å²) in [4.78, 5) is 10.5. The monoisotopic (exact) mass is 342 g/mol. The molecule has 0 radical (unpaired) electrons. The van der Waals surface area contributed by atoms with Crippen LogP contribution in [0.5, 0.6) is 0 Å². The largest absolute Gasteiger partial charge is 1.00 e. The average molecular weight is 343 g/mol. The van der Waals surface area contributed by atoms with E-state index in [-0.39, 0.29) is 57.5 Å². The maximum absolute atomic E-state index is 10.5. The first-order chi connectivity index (χ1) is 10.0. The van der Waals surface area contributed by atoms with Crippen molar-refractivity contribution in [2.45, 2.75) is 26.4 Å². The van der Waals surface area contributed by atoms with E-state index in [1.165, 1.54) is 0 Å². The molecule has 0 bridgehead atoms. The molecule has 1 atom stereocenters. The molecular weight excluding hydrogens is 319 g/mol. The number of benzene rings is 1. The molecule has 0 saturated carbocycles. The van der Waals surface area contributed by atoms with Crippen molar-refractivity contribution in [3.8, 4) is 0 Å². The SMILES string of the molecule is C=C/C=C(\C=C)C(Cc1ccccc1)OC=O.C[C-](C)S.[K+]. The first kappa shape index (κ1) is 24.2. The summed E-state index contributed by atoms with van der Waals surface area (Å²) in [6.07, 6.45) is 5.45. The second-order valence-corrected chi connectivity index (χ2v) is 5.36. The van der Waals surface area contributed by atoms with E-state index in [0.29, 0.717) is 12.9 Å². The molecule has 0 aromatic heterocycles. The molecule has 4 heteroatoms. The van der Waals surface area contributed by atoms with E-state index in [4.69, 9.17) is 4.74 Å².